The first-order valence-corrected chi connectivity index (χ1v) is 6.84. The second kappa shape index (κ2) is 6.17. The summed E-state index contributed by atoms with van der Waals surface area (Å²) in [6, 6.07) is 2.75. The number of carbonyl (C=O) groups is 1. The second-order valence-electron chi connectivity index (χ2n) is 5.41. The second-order valence-corrected chi connectivity index (χ2v) is 5.41. The summed E-state index contributed by atoms with van der Waals surface area (Å²) in [6.07, 6.45) is 4.12. The first-order chi connectivity index (χ1) is 9.96. The van der Waals surface area contributed by atoms with E-state index in [2.05, 4.69) is 5.32 Å². The average molecular weight is 296 g/mol. The monoisotopic (exact) mass is 296 g/mol. The largest absolute Gasteiger partial charge is 0.394 e. The summed E-state index contributed by atoms with van der Waals surface area (Å²) in [5.74, 6) is -1.44. The molecule has 1 amide bonds. The van der Waals surface area contributed by atoms with E-state index in [-0.39, 0.29) is 12.2 Å². The van der Waals surface area contributed by atoms with Crippen LogP contribution in [0.5, 0.6) is 0 Å². The Morgan fingerprint density at radius 3 is 2.57 bits per heavy atom. The number of hydrogen-bond acceptors (Lipinski definition) is 4. The highest BCUT2D eigenvalue weighted by Crippen LogP contribution is 2.28. The van der Waals surface area contributed by atoms with Crippen molar-refractivity contribution in [1.82, 2.24) is 5.32 Å². The predicted molar refractivity (Wildman–Crippen MR) is 73.4 cm³/mol. The van der Waals surface area contributed by atoms with Crippen LogP contribution >= 0.6 is 0 Å². The molecule has 1 aromatic carbocycles. The third-order valence-electron chi connectivity index (χ3n) is 3.85. The molecule has 1 fully saturated rings. The highest BCUT2D eigenvalue weighted by molar-refractivity contribution is 5.95. The van der Waals surface area contributed by atoms with Crippen LogP contribution in [0.2, 0.25) is 0 Å². The Balaban J connectivity index is 2.21. The van der Waals surface area contributed by atoms with Crippen molar-refractivity contribution in [2.45, 2.75) is 37.6 Å². The Hall–Kier alpha value is -2.02. The summed E-state index contributed by atoms with van der Waals surface area (Å²) in [7, 11) is 0. The lowest BCUT2D eigenvalue weighted by molar-refractivity contribution is -0.385. The minimum atomic E-state index is -0.837. The summed E-state index contributed by atoms with van der Waals surface area (Å²) in [4.78, 5) is 22.1. The van der Waals surface area contributed by atoms with Crippen LogP contribution in [0.25, 0.3) is 0 Å². The number of rotatable bonds is 4. The number of nitro benzene ring substituents is 1. The van der Waals surface area contributed by atoms with Crippen LogP contribution in [0.1, 0.15) is 42.5 Å². The van der Waals surface area contributed by atoms with Crippen LogP contribution in [0.3, 0.4) is 0 Å². The van der Waals surface area contributed by atoms with E-state index in [1.165, 1.54) is 0 Å². The third-order valence-corrected chi connectivity index (χ3v) is 3.85. The van der Waals surface area contributed by atoms with Crippen molar-refractivity contribution in [3.8, 4) is 0 Å². The van der Waals surface area contributed by atoms with Crippen LogP contribution in [0.4, 0.5) is 10.1 Å². The topological polar surface area (TPSA) is 92.5 Å². The van der Waals surface area contributed by atoms with E-state index < -0.39 is 27.9 Å². The summed E-state index contributed by atoms with van der Waals surface area (Å²) in [5.41, 5.74) is -1.29. The number of carbonyl (C=O) groups excluding carboxylic acids is 1. The van der Waals surface area contributed by atoms with Gasteiger partial charge < -0.3 is 10.4 Å². The van der Waals surface area contributed by atoms with Gasteiger partial charge in [-0.25, -0.2) is 4.39 Å². The van der Waals surface area contributed by atoms with Crippen molar-refractivity contribution >= 4 is 11.6 Å². The van der Waals surface area contributed by atoms with Crippen molar-refractivity contribution in [3.63, 3.8) is 0 Å². The molecular weight excluding hydrogens is 279 g/mol. The van der Waals surface area contributed by atoms with E-state index in [4.69, 9.17) is 0 Å². The van der Waals surface area contributed by atoms with Gasteiger partial charge in [0.2, 0.25) is 0 Å². The first kappa shape index (κ1) is 15.4. The van der Waals surface area contributed by atoms with Crippen molar-refractivity contribution in [2.24, 2.45) is 0 Å². The van der Waals surface area contributed by atoms with E-state index in [0.717, 1.165) is 37.5 Å². The zero-order valence-corrected chi connectivity index (χ0v) is 11.5. The molecule has 0 aromatic heterocycles. The molecule has 6 nitrogen and oxygen atoms in total. The van der Waals surface area contributed by atoms with E-state index >= 15 is 0 Å². The fourth-order valence-electron chi connectivity index (χ4n) is 2.67. The maximum atomic E-state index is 13.4. The molecule has 0 aliphatic heterocycles. The van der Waals surface area contributed by atoms with Crippen molar-refractivity contribution < 1.29 is 19.2 Å². The quantitative estimate of drug-likeness (QED) is 0.657. The SMILES string of the molecule is O=C(NC1(CO)CCCCC1)c1cc(F)cc([N+](=O)[O-])c1. The maximum Gasteiger partial charge on any atom is 0.273 e. The molecule has 21 heavy (non-hydrogen) atoms. The molecule has 7 heteroatoms. The minimum Gasteiger partial charge on any atom is -0.394 e. The zero-order valence-electron chi connectivity index (χ0n) is 11.5. The molecule has 0 heterocycles. The fraction of sp³-hybridized carbons (Fsp3) is 0.500. The molecule has 0 unspecified atom stereocenters. The Morgan fingerprint density at radius 1 is 1.33 bits per heavy atom. The standard InChI is InChI=1S/C14H17FN2O4/c15-11-6-10(7-12(8-11)17(20)21)13(19)16-14(9-18)4-2-1-3-5-14/h6-8,18H,1-5,9H2,(H,16,19). The van der Waals surface area contributed by atoms with Gasteiger partial charge in [-0.15, -0.1) is 0 Å². The Labute approximate surface area is 121 Å². The molecule has 114 valence electrons. The number of hydrogen-bond donors (Lipinski definition) is 2. The molecule has 2 N–H and O–H groups in total. The number of nitrogens with one attached hydrogen (secondary N) is 1. The summed E-state index contributed by atoms with van der Waals surface area (Å²) in [5, 5.41) is 23.0. The molecule has 0 radical (unpaired) electrons. The number of nitro groups is 1. The lowest BCUT2D eigenvalue weighted by Crippen LogP contribution is -2.52. The lowest BCUT2D eigenvalue weighted by Gasteiger charge is -2.36. The van der Waals surface area contributed by atoms with Gasteiger partial charge >= 0.3 is 0 Å². The Morgan fingerprint density at radius 2 is 2.00 bits per heavy atom. The molecule has 1 aliphatic carbocycles. The van der Waals surface area contributed by atoms with Gasteiger partial charge in [0.1, 0.15) is 5.82 Å². The molecule has 1 aliphatic rings. The van der Waals surface area contributed by atoms with Crippen molar-refractivity contribution in [1.29, 1.82) is 0 Å². The highest BCUT2D eigenvalue weighted by Gasteiger charge is 2.33. The number of amides is 1. The Bertz CT molecular complexity index is 556. The first-order valence-electron chi connectivity index (χ1n) is 6.84. The molecule has 0 saturated heterocycles. The predicted octanol–water partition coefficient (Wildman–Crippen LogP) is 2.16. The van der Waals surface area contributed by atoms with Crippen LogP contribution in [-0.2, 0) is 0 Å². The van der Waals surface area contributed by atoms with Gasteiger partial charge in [0.05, 0.1) is 23.1 Å². The number of aliphatic hydroxyl groups excluding tert-OH is 1. The number of aliphatic hydroxyl groups is 1. The van der Waals surface area contributed by atoms with E-state index in [9.17, 15) is 24.4 Å². The fourth-order valence-corrected chi connectivity index (χ4v) is 2.67. The Kier molecular flexibility index (Phi) is 4.52. The van der Waals surface area contributed by atoms with Gasteiger partial charge in [-0.1, -0.05) is 19.3 Å². The van der Waals surface area contributed by atoms with Crippen molar-refractivity contribution in [3.05, 3.63) is 39.7 Å². The number of nitrogens with zero attached hydrogens (tertiary/aromatic N) is 1. The van der Waals surface area contributed by atoms with E-state index in [1.54, 1.807) is 0 Å². The molecular formula is C14H17FN2O4. The van der Waals surface area contributed by atoms with Gasteiger partial charge in [0, 0.05) is 11.6 Å². The molecule has 1 aromatic rings. The summed E-state index contributed by atoms with van der Waals surface area (Å²) >= 11 is 0. The van der Waals surface area contributed by atoms with Crippen LogP contribution in [-0.4, -0.2) is 28.1 Å². The van der Waals surface area contributed by atoms with Gasteiger partial charge in [0.15, 0.2) is 0 Å². The average Bonchev–Trinajstić information content (AvgIpc) is 2.47. The van der Waals surface area contributed by atoms with E-state index in [0.29, 0.717) is 12.8 Å². The minimum absolute atomic E-state index is 0.111. The van der Waals surface area contributed by atoms with Gasteiger partial charge in [-0.3, -0.25) is 14.9 Å². The lowest BCUT2D eigenvalue weighted by atomic mass is 9.82. The molecule has 2 rings (SSSR count). The smallest absolute Gasteiger partial charge is 0.273 e. The molecule has 1 saturated carbocycles. The van der Waals surface area contributed by atoms with Gasteiger partial charge in [-0.05, 0) is 18.9 Å². The number of benzene rings is 1. The molecule has 0 bridgehead atoms. The van der Waals surface area contributed by atoms with Crippen LogP contribution in [0.15, 0.2) is 18.2 Å². The molecule has 0 atom stereocenters. The summed E-state index contributed by atoms with van der Waals surface area (Å²) < 4.78 is 13.4. The maximum absolute atomic E-state index is 13.4. The summed E-state index contributed by atoms with van der Waals surface area (Å²) in [6.45, 7) is -0.198. The van der Waals surface area contributed by atoms with Crippen LogP contribution in [0, 0.1) is 15.9 Å². The van der Waals surface area contributed by atoms with Gasteiger partial charge in [0.25, 0.3) is 11.6 Å². The van der Waals surface area contributed by atoms with Gasteiger partial charge in [-0.2, -0.15) is 0 Å². The number of non-ortho nitro benzene ring substituents is 1. The number of halogens is 1. The highest BCUT2D eigenvalue weighted by atomic mass is 19.1. The normalized spacial score (nSPS) is 17.2. The van der Waals surface area contributed by atoms with Crippen molar-refractivity contribution in [2.75, 3.05) is 6.61 Å². The molecule has 0 spiro atoms. The zero-order chi connectivity index (χ0) is 15.5. The third kappa shape index (κ3) is 3.55. The van der Waals surface area contributed by atoms with E-state index in [1.807, 2.05) is 0 Å². The van der Waals surface area contributed by atoms with Crippen LogP contribution < -0.4 is 5.32 Å².